The molecule has 4 heteroatoms. The molecule has 0 spiro atoms. The van der Waals surface area contributed by atoms with Crippen molar-refractivity contribution in [3.63, 3.8) is 0 Å². The topological polar surface area (TPSA) is 24.7 Å². The molecule has 1 aliphatic heterocycles. The van der Waals surface area contributed by atoms with Gasteiger partial charge in [-0.1, -0.05) is 6.07 Å². The Kier molecular flexibility index (Phi) is 1.92. The lowest BCUT2D eigenvalue weighted by molar-refractivity contribution is 0.920. The number of aryl methyl sites for hydroxylation is 1. The third-order valence-electron chi connectivity index (χ3n) is 2.21. The Morgan fingerprint density at radius 2 is 1.85 bits per heavy atom. The van der Waals surface area contributed by atoms with Gasteiger partial charge in [-0.2, -0.15) is 0 Å². The Bertz CT molecular complexity index is 477. The second kappa shape index (κ2) is 2.75. The van der Waals surface area contributed by atoms with E-state index in [4.69, 9.17) is 0 Å². The Hall–Kier alpha value is -0.480. The van der Waals surface area contributed by atoms with Gasteiger partial charge < -0.3 is 0 Å². The van der Waals surface area contributed by atoms with E-state index < -0.39 is 4.33 Å². The SMILES string of the molecule is Cc1ccc2c(c1C)=NC(S)(S)N=2. The zero-order valence-corrected chi connectivity index (χ0v) is 9.23. The number of thiol groups is 2. The monoisotopic (exact) mass is 210 g/mol. The number of benzene rings is 1. The van der Waals surface area contributed by atoms with E-state index in [1.54, 1.807) is 0 Å². The molecule has 68 valence electrons. The Balaban J connectivity index is 2.87. The maximum atomic E-state index is 4.31. The van der Waals surface area contributed by atoms with Crippen molar-refractivity contribution in [2.75, 3.05) is 0 Å². The van der Waals surface area contributed by atoms with Gasteiger partial charge in [0.05, 0.1) is 10.7 Å². The first-order chi connectivity index (χ1) is 5.99. The van der Waals surface area contributed by atoms with Gasteiger partial charge in [-0.15, -0.1) is 25.3 Å². The molecule has 2 rings (SSSR count). The smallest absolute Gasteiger partial charge is 0.233 e. The summed E-state index contributed by atoms with van der Waals surface area (Å²) in [5.41, 5.74) is 2.38. The zero-order chi connectivity index (χ0) is 9.64. The van der Waals surface area contributed by atoms with Crippen LogP contribution in [0.3, 0.4) is 0 Å². The second-order valence-electron chi connectivity index (χ2n) is 3.20. The van der Waals surface area contributed by atoms with Gasteiger partial charge in [0, 0.05) is 0 Å². The molecule has 0 atom stereocenters. The number of nitrogens with zero attached hydrogens (tertiary/aromatic N) is 2. The summed E-state index contributed by atoms with van der Waals surface area (Å²) in [6.45, 7) is 4.10. The third kappa shape index (κ3) is 1.48. The second-order valence-corrected chi connectivity index (χ2v) is 4.80. The lowest BCUT2D eigenvalue weighted by Gasteiger charge is -2.04. The fraction of sp³-hybridized carbons (Fsp3) is 0.333. The summed E-state index contributed by atoms with van der Waals surface area (Å²) < 4.78 is -0.874. The molecule has 2 nitrogen and oxygen atoms in total. The van der Waals surface area contributed by atoms with Gasteiger partial charge in [0.2, 0.25) is 4.33 Å². The predicted octanol–water partition coefficient (Wildman–Crippen LogP) is 1.03. The lowest BCUT2D eigenvalue weighted by atomic mass is 10.1. The van der Waals surface area contributed by atoms with Crippen LogP contribution >= 0.6 is 25.3 Å². The highest BCUT2D eigenvalue weighted by Gasteiger charge is 2.21. The minimum atomic E-state index is -0.874. The molecule has 0 radical (unpaired) electrons. The van der Waals surface area contributed by atoms with Crippen LogP contribution in [0.4, 0.5) is 0 Å². The maximum absolute atomic E-state index is 4.31. The summed E-state index contributed by atoms with van der Waals surface area (Å²) in [5, 5.41) is 1.80. The van der Waals surface area contributed by atoms with Crippen LogP contribution in [0.2, 0.25) is 0 Å². The Labute approximate surface area is 87.6 Å². The molecule has 0 bridgehead atoms. The first kappa shape index (κ1) is 9.09. The zero-order valence-electron chi connectivity index (χ0n) is 7.44. The molecule has 0 aromatic heterocycles. The minimum Gasteiger partial charge on any atom is -0.233 e. The molecule has 0 saturated carbocycles. The largest absolute Gasteiger partial charge is 0.241 e. The Morgan fingerprint density at radius 3 is 2.54 bits per heavy atom. The van der Waals surface area contributed by atoms with E-state index in [0.717, 1.165) is 16.3 Å². The summed E-state index contributed by atoms with van der Waals surface area (Å²) >= 11 is 8.41. The summed E-state index contributed by atoms with van der Waals surface area (Å²) in [7, 11) is 0. The molecule has 1 aromatic carbocycles. The van der Waals surface area contributed by atoms with Gasteiger partial charge in [-0.25, -0.2) is 9.98 Å². The van der Waals surface area contributed by atoms with E-state index >= 15 is 0 Å². The van der Waals surface area contributed by atoms with Crippen LogP contribution in [0, 0.1) is 13.8 Å². The molecule has 0 aliphatic carbocycles. The molecule has 1 heterocycles. The van der Waals surface area contributed by atoms with Crippen LogP contribution in [0.5, 0.6) is 0 Å². The van der Waals surface area contributed by atoms with E-state index in [1.165, 1.54) is 5.56 Å². The van der Waals surface area contributed by atoms with Gasteiger partial charge >= 0.3 is 0 Å². The average Bonchev–Trinajstić information content (AvgIpc) is 2.34. The van der Waals surface area contributed by atoms with Gasteiger partial charge in [0.25, 0.3) is 0 Å². The van der Waals surface area contributed by atoms with E-state index in [0.29, 0.717) is 0 Å². The summed E-state index contributed by atoms with van der Waals surface area (Å²) in [6, 6.07) is 3.99. The van der Waals surface area contributed by atoms with Crippen LogP contribution in [-0.4, -0.2) is 4.33 Å². The normalized spacial score (nSPS) is 17.5. The fourth-order valence-corrected chi connectivity index (χ4v) is 1.77. The average molecular weight is 210 g/mol. The van der Waals surface area contributed by atoms with Crippen molar-refractivity contribution in [3.8, 4) is 0 Å². The van der Waals surface area contributed by atoms with Crippen LogP contribution in [0.25, 0.3) is 0 Å². The number of hydrogen-bond acceptors (Lipinski definition) is 4. The molecular formula is C9H10N2S2. The Morgan fingerprint density at radius 1 is 1.15 bits per heavy atom. The van der Waals surface area contributed by atoms with E-state index in [2.05, 4.69) is 42.2 Å². The maximum Gasteiger partial charge on any atom is 0.241 e. The number of fused-ring (bicyclic) bond motifs is 1. The molecule has 0 saturated heterocycles. The predicted molar refractivity (Wildman–Crippen MR) is 58.9 cm³/mol. The summed E-state index contributed by atoms with van der Waals surface area (Å²) in [6.07, 6.45) is 0. The molecule has 0 N–H and O–H groups in total. The highest BCUT2D eigenvalue weighted by Crippen LogP contribution is 2.23. The van der Waals surface area contributed by atoms with Crippen molar-refractivity contribution < 1.29 is 0 Å². The number of rotatable bonds is 0. The van der Waals surface area contributed by atoms with Gasteiger partial charge in [0.15, 0.2) is 0 Å². The van der Waals surface area contributed by atoms with Crippen molar-refractivity contribution in [1.82, 2.24) is 0 Å². The van der Waals surface area contributed by atoms with E-state index in [1.807, 2.05) is 19.1 Å². The van der Waals surface area contributed by atoms with Crippen molar-refractivity contribution in [2.45, 2.75) is 18.2 Å². The highest BCUT2D eigenvalue weighted by atomic mass is 32.2. The third-order valence-corrected chi connectivity index (χ3v) is 2.61. The van der Waals surface area contributed by atoms with E-state index in [-0.39, 0.29) is 0 Å². The molecular weight excluding hydrogens is 200 g/mol. The lowest BCUT2D eigenvalue weighted by Crippen LogP contribution is -2.25. The molecule has 0 fully saturated rings. The highest BCUT2D eigenvalue weighted by molar-refractivity contribution is 8.00. The molecule has 13 heavy (non-hydrogen) atoms. The van der Waals surface area contributed by atoms with Crippen molar-refractivity contribution in [3.05, 3.63) is 34.0 Å². The van der Waals surface area contributed by atoms with Gasteiger partial charge in [-0.3, -0.25) is 0 Å². The summed E-state index contributed by atoms with van der Waals surface area (Å²) in [4.78, 5) is 8.55. The fourth-order valence-electron chi connectivity index (χ4n) is 1.35. The van der Waals surface area contributed by atoms with Crippen molar-refractivity contribution in [1.29, 1.82) is 0 Å². The summed E-state index contributed by atoms with van der Waals surface area (Å²) in [5.74, 6) is 0. The van der Waals surface area contributed by atoms with Crippen LogP contribution in [0.1, 0.15) is 11.1 Å². The number of hydrogen-bond donors (Lipinski definition) is 2. The molecule has 1 aromatic rings. The van der Waals surface area contributed by atoms with Crippen molar-refractivity contribution in [2.24, 2.45) is 9.98 Å². The molecule has 0 unspecified atom stereocenters. The van der Waals surface area contributed by atoms with E-state index in [9.17, 15) is 0 Å². The minimum absolute atomic E-state index is 0.874. The molecule has 0 amide bonds. The van der Waals surface area contributed by atoms with Crippen LogP contribution in [0.15, 0.2) is 22.1 Å². The first-order valence-corrected chi connectivity index (χ1v) is 4.90. The standard InChI is InChI=1S/C9H10N2S2/c1-5-3-4-7-8(6(5)2)11-9(12,13)10-7/h3-4,12-13H,1-2H3. The van der Waals surface area contributed by atoms with Crippen LogP contribution in [-0.2, 0) is 0 Å². The van der Waals surface area contributed by atoms with Crippen molar-refractivity contribution >= 4 is 25.3 Å². The van der Waals surface area contributed by atoms with Gasteiger partial charge in [0.1, 0.15) is 0 Å². The van der Waals surface area contributed by atoms with Gasteiger partial charge in [-0.05, 0) is 31.0 Å². The molecule has 1 aliphatic rings. The van der Waals surface area contributed by atoms with Crippen LogP contribution < -0.4 is 10.7 Å². The first-order valence-electron chi connectivity index (χ1n) is 4.00. The quantitative estimate of drug-likeness (QED) is 0.472.